The third-order valence-electron chi connectivity index (χ3n) is 11.8. The summed E-state index contributed by atoms with van der Waals surface area (Å²) in [5, 5.41) is 2.29. The number of para-hydroxylation sites is 2. The first-order chi connectivity index (χ1) is 27.5. The molecule has 5 nitrogen and oxygen atoms in total. The number of rotatable bonds is 8. The average Bonchev–Trinajstić information content (AvgIpc) is 3.73. The van der Waals surface area contributed by atoms with E-state index in [1.54, 1.807) is 0 Å². The number of ether oxygens (including phenoxy) is 1. The van der Waals surface area contributed by atoms with Crippen molar-refractivity contribution in [2.75, 3.05) is 9.80 Å². The fraction of sp³-hybridized carbons (Fsp3) is 0.321. The molecule has 59 heavy (non-hydrogen) atoms. The molecule has 0 atom stereocenters. The molecule has 0 unspecified atom stereocenters. The second-order valence-electron chi connectivity index (χ2n) is 19.0. The number of pyridine rings is 1. The van der Waals surface area contributed by atoms with Gasteiger partial charge < -0.3 is 19.1 Å². The standard InChI is InChI=1S/C53H57N4O.Pt/c1-12-35(13-2)36-17-16-18-40(27-36)55-34-56(48-20-15-14-19-47(48)55)41-28-39(53(9,10)11)29-43(32-41)58-42-22-23-44-45-30-37(51(3,4)5)21-24-46(45)57(49(44)33-42)50-31-38(25-26-54-50)52(6,7)8;/h14-31,34-35H,12-13H2,1-11H3;/q-3;. The van der Waals surface area contributed by atoms with Gasteiger partial charge in [-0.25, -0.2) is 4.98 Å². The largest absolute Gasteiger partial charge is 0.509 e. The van der Waals surface area contributed by atoms with Crippen LogP contribution < -0.4 is 14.5 Å². The zero-order chi connectivity index (χ0) is 41.1. The molecule has 0 amide bonds. The van der Waals surface area contributed by atoms with E-state index in [-0.39, 0.29) is 37.3 Å². The van der Waals surface area contributed by atoms with Gasteiger partial charge in [-0.3, -0.25) is 0 Å². The molecule has 0 fully saturated rings. The van der Waals surface area contributed by atoms with E-state index in [4.69, 9.17) is 9.72 Å². The van der Waals surface area contributed by atoms with Crippen molar-refractivity contribution in [3.05, 3.63) is 150 Å². The van der Waals surface area contributed by atoms with Crippen LogP contribution in [0.3, 0.4) is 0 Å². The molecule has 1 aliphatic heterocycles. The van der Waals surface area contributed by atoms with Crippen molar-refractivity contribution >= 4 is 44.6 Å². The summed E-state index contributed by atoms with van der Waals surface area (Å²) in [6, 6.07) is 44.7. The summed E-state index contributed by atoms with van der Waals surface area (Å²) in [5.74, 6) is 2.67. The van der Waals surface area contributed by atoms with Gasteiger partial charge in [-0.15, -0.1) is 53.6 Å². The Morgan fingerprint density at radius 3 is 1.98 bits per heavy atom. The first-order valence-corrected chi connectivity index (χ1v) is 20.9. The number of anilines is 4. The molecule has 0 saturated heterocycles. The predicted octanol–water partition coefficient (Wildman–Crippen LogP) is 14.8. The Morgan fingerprint density at radius 2 is 1.31 bits per heavy atom. The van der Waals surface area contributed by atoms with Crippen LogP contribution >= 0.6 is 0 Å². The third-order valence-corrected chi connectivity index (χ3v) is 11.8. The summed E-state index contributed by atoms with van der Waals surface area (Å²) < 4.78 is 9.07. The van der Waals surface area contributed by atoms with Crippen molar-refractivity contribution in [3.63, 3.8) is 0 Å². The van der Waals surface area contributed by atoms with Crippen molar-refractivity contribution < 1.29 is 25.8 Å². The number of nitrogens with zero attached hydrogens (tertiary/aromatic N) is 4. The molecule has 2 aromatic heterocycles. The van der Waals surface area contributed by atoms with Gasteiger partial charge in [-0.1, -0.05) is 118 Å². The van der Waals surface area contributed by atoms with Crippen LogP contribution in [0.4, 0.5) is 22.7 Å². The van der Waals surface area contributed by atoms with Crippen molar-refractivity contribution in [3.8, 4) is 17.3 Å². The van der Waals surface area contributed by atoms with Crippen molar-refractivity contribution in [2.45, 2.75) is 111 Å². The quantitative estimate of drug-likeness (QED) is 0.142. The SMILES string of the molecule is CCC(CC)c1cccc(N2[CH-]N(c3[c-]c(Oc4[c-]c5c(cc4)c4cc(C(C)(C)C)ccc4n5-c4cc(C(C)(C)C)ccn4)cc(C(C)(C)C)c3)c3ccccc32)c1.[Pt]. The fourth-order valence-corrected chi connectivity index (χ4v) is 8.16. The Hall–Kier alpha value is -4.86. The van der Waals surface area contributed by atoms with Gasteiger partial charge in [-0.2, -0.15) is 6.07 Å². The summed E-state index contributed by atoms with van der Waals surface area (Å²) in [7, 11) is 0. The number of benzene rings is 5. The number of hydrogen-bond acceptors (Lipinski definition) is 4. The molecule has 5 aromatic carbocycles. The minimum Gasteiger partial charge on any atom is -0.509 e. The smallest absolute Gasteiger partial charge is 0.135 e. The molecule has 0 aliphatic carbocycles. The fourth-order valence-electron chi connectivity index (χ4n) is 8.16. The summed E-state index contributed by atoms with van der Waals surface area (Å²) in [4.78, 5) is 9.47. The first-order valence-electron chi connectivity index (χ1n) is 20.9. The molecule has 0 saturated carbocycles. The van der Waals surface area contributed by atoms with Crippen LogP contribution in [0.1, 0.15) is 117 Å². The molecule has 1 aliphatic rings. The summed E-state index contributed by atoms with van der Waals surface area (Å²) in [6.07, 6.45) is 4.16. The maximum Gasteiger partial charge on any atom is 0.135 e. The van der Waals surface area contributed by atoms with Gasteiger partial charge in [-0.05, 0) is 99.5 Å². The molecule has 8 rings (SSSR count). The molecule has 308 valence electrons. The maximum absolute atomic E-state index is 6.83. The maximum atomic E-state index is 6.83. The Morgan fingerprint density at radius 1 is 0.627 bits per heavy atom. The van der Waals surface area contributed by atoms with Crippen molar-refractivity contribution in [1.82, 2.24) is 9.55 Å². The van der Waals surface area contributed by atoms with Gasteiger partial charge in [0.25, 0.3) is 0 Å². The van der Waals surface area contributed by atoms with Crippen LogP contribution in [0, 0.1) is 18.8 Å². The molecule has 0 bridgehead atoms. The van der Waals surface area contributed by atoms with Crippen LogP contribution in [0.25, 0.3) is 27.6 Å². The van der Waals surface area contributed by atoms with E-state index in [2.05, 4.69) is 206 Å². The van der Waals surface area contributed by atoms with Crippen molar-refractivity contribution in [2.24, 2.45) is 0 Å². The van der Waals surface area contributed by atoms with Crippen LogP contribution in [0.2, 0.25) is 0 Å². The monoisotopic (exact) mass is 960 g/mol. The summed E-state index contributed by atoms with van der Waals surface area (Å²) >= 11 is 0. The topological polar surface area (TPSA) is 33.5 Å². The van der Waals surface area contributed by atoms with Crippen LogP contribution in [0.15, 0.2) is 109 Å². The number of fused-ring (bicyclic) bond motifs is 4. The average molecular weight is 961 g/mol. The van der Waals surface area contributed by atoms with E-state index in [1.807, 2.05) is 12.3 Å². The second-order valence-corrected chi connectivity index (χ2v) is 19.0. The molecule has 6 heteroatoms. The Kier molecular flexibility index (Phi) is 11.4. The number of hydrogen-bond donors (Lipinski definition) is 0. The van der Waals surface area contributed by atoms with Crippen LogP contribution in [-0.2, 0) is 37.3 Å². The Bertz CT molecular complexity index is 2630. The molecular weight excluding hydrogens is 904 g/mol. The van der Waals surface area contributed by atoms with Gasteiger partial charge in [0.15, 0.2) is 0 Å². The van der Waals surface area contributed by atoms with E-state index in [1.165, 1.54) is 22.1 Å². The van der Waals surface area contributed by atoms with Gasteiger partial charge in [0.1, 0.15) is 5.82 Å². The van der Waals surface area contributed by atoms with Gasteiger partial charge in [0.05, 0.1) is 0 Å². The molecule has 7 aromatic rings. The van der Waals surface area contributed by atoms with Gasteiger partial charge >= 0.3 is 0 Å². The zero-order valence-electron chi connectivity index (χ0n) is 36.5. The van der Waals surface area contributed by atoms with E-state index >= 15 is 0 Å². The van der Waals surface area contributed by atoms with Crippen molar-refractivity contribution in [1.29, 1.82) is 0 Å². The molecular formula is C53H57N4OPt-3. The normalized spacial score (nSPS) is 13.4. The van der Waals surface area contributed by atoms with Gasteiger partial charge in [0.2, 0.25) is 0 Å². The number of aromatic nitrogens is 2. The van der Waals surface area contributed by atoms with E-state index in [0.29, 0.717) is 17.4 Å². The predicted molar refractivity (Wildman–Crippen MR) is 244 cm³/mol. The molecule has 3 heterocycles. The second kappa shape index (κ2) is 16.0. The van der Waals surface area contributed by atoms with E-state index in [0.717, 1.165) is 63.4 Å². The Labute approximate surface area is 366 Å². The first kappa shape index (κ1) is 42.3. The molecule has 0 radical (unpaired) electrons. The zero-order valence-corrected chi connectivity index (χ0v) is 38.7. The van der Waals surface area contributed by atoms with E-state index < -0.39 is 0 Å². The minimum absolute atomic E-state index is 0. The van der Waals surface area contributed by atoms with E-state index in [9.17, 15) is 0 Å². The molecule has 0 N–H and O–H groups in total. The summed E-state index contributed by atoms with van der Waals surface area (Å²) in [6.45, 7) is 27.0. The van der Waals surface area contributed by atoms with Crippen LogP contribution in [-0.4, -0.2) is 9.55 Å². The Balaban J connectivity index is 0.00000528. The third kappa shape index (κ3) is 8.21. The van der Waals surface area contributed by atoms with Gasteiger partial charge in [0, 0.05) is 61.3 Å². The van der Waals surface area contributed by atoms with Crippen LogP contribution in [0.5, 0.6) is 11.5 Å². The minimum atomic E-state index is -0.140. The molecule has 0 spiro atoms. The summed E-state index contributed by atoms with van der Waals surface area (Å²) in [5.41, 5.74) is 11.2.